The highest BCUT2D eigenvalue weighted by Gasteiger charge is 2.48. The number of benzene rings is 2. The molecule has 2 amide bonds. The standard InChI is InChI=1S/C26H26F2N2O2/c1-3-5-15-29-23(17-7-11-19(27)12-8-17)21-22(25(29)31)24(18-9-13-20(28)14-10-18)30(26(21)32)16-6-4-2/h7-14H,3-6,15-16H2,1-2H3. The van der Waals surface area contributed by atoms with Crippen LogP contribution in [0.5, 0.6) is 0 Å². The number of nitrogens with zero attached hydrogens (tertiary/aromatic N) is 2. The fraction of sp³-hybridized carbons (Fsp3) is 0.308. The predicted molar refractivity (Wildman–Crippen MR) is 120 cm³/mol. The Morgan fingerprint density at radius 3 is 1.28 bits per heavy atom. The molecule has 2 heterocycles. The van der Waals surface area contributed by atoms with Crippen LogP contribution in [0, 0.1) is 11.6 Å². The molecule has 4 nitrogen and oxygen atoms in total. The van der Waals surface area contributed by atoms with Gasteiger partial charge in [0.1, 0.15) is 11.6 Å². The van der Waals surface area contributed by atoms with Gasteiger partial charge in [0.15, 0.2) is 0 Å². The zero-order chi connectivity index (χ0) is 22.8. The molecule has 4 rings (SSSR count). The maximum Gasteiger partial charge on any atom is 0.261 e. The number of carbonyl (C=O) groups is 2. The maximum absolute atomic E-state index is 13.7. The molecule has 0 saturated carbocycles. The molecule has 0 N–H and O–H groups in total. The van der Waals surface area contributed by atoms with Gasteiger partial charge in [0.2, 0.25) is 0 Å². The minimum absolute atomic E-state index is 0.237. The van der Waals surface area contributed by atoms with E-state index in [9.17, 15) is 18.4 Å². The molecule has 0 radical (unpaired) electrons. The largest absolute Gasteiger partial charge is 0.307 e. The van der Waals surface area contributed by atoms with Gasteiger partial charge in [0.05, 0.1) is 22.5 Å². The molecule has 2 aromatic carbocycles. The summed E-state index contributed by atoms with van der Waals surface area (Å²) >= 11 is 0. The molecule has 0 bridgehead atoms. The first-order chi connectivity index (χ1) is 15.5. The van der Waals surface area contributed by atoms with E-state index in [0.717, 1.165) is 25.7 Å². The van der Waals surface area contributed by atoms with Gasteiger partial charge >= 0.3 is 0 Å². The summed E-state index contributed by atoms with van der Waals surface area (Å²) in [6.45, 7) is 5.00. The normalized spacial score (nSPS) is 16.0. The Morgan fingerprint density at radius 1 is 0.625 bits per heavy atom. The van der Waals surface area contributed by atoms with Gasteiger partial charge in [-0.1, -0.05) is 26.7 Å². The lowest BCUT2D eigenvalue weighted by atomic mass is 10.0. The summed E-state index contributed by atoms with van der Waals surface area (Å²) in [5.41, 5.74) is 3.03. The second-order valence-electron chi connectivity index (χ2n) is 8.08. The summed E-state index contributed by atoms with van der Waals surface area (Å²) < 4.78 is 27.2. The number of amides is 2. The van der Waals surface area contributed by atoms with Crippen molar-refractivity contribution in [3.8, 4) is 0 Å². The Hall–Kier alpha value is -3.28. The van der Waals surface area contributed by atoms with Crippen LogP contribution >= 0.6 is 0 Å². The second kappa shape index (κ2) is 9.07. The molecular weight excluding hydrogens is 410 g/mol. The number of halogens is 2. The number of rotatable bonds is 8. The molecule has 0 fully saturated rings. The highest BCUT2D eigenvalue weighted by atomic mass is 19.1. The van der Waals surface area contributed by atoms with Gasteiger partial charge in [0, 0.05) is 13.1 Å². The van der Waals surface area contributed by atoms with Crippen molar-refractivity contribution in [1.82, 2.24) is 9.80 Å². The van der Waals surface area contributed by atoms with Gasteiger partial charge in [-0.05, 0) is 72.5 Å². The third-order valence-electron chi connectivity index (χ3n) is 5.89. The van der Waals surface area contributed by atoms with E-state index in [4.69, 9.17) is 0 Å². The van der Waals surface area contributed by atoms with E-state index in [-0.39, 0.29) is 23.4 Å². The fourth-order valence-electron chi connectivity index (χ4n) is 4.27. The molecule has 0 atom stereocenters. The van der Waals surface area contributed by atoms with Crippen LogP contribution < -0.4 is 0 Å². The van der Waals surface area contributed by atoms with Crippen molar-refractivity contribution in [3.63, 3.8) is 0 Å². The van der Waals surface area contributed by atoms with Crippen LogP contribution in [0.3, 0.4) is 0 Å². The zero-order valence-electron chi connectivity index (χ0n) is 18.3. The lowest BCUT2D eigenvalue weighted by Gasteiger charge is -2.25. The van der Waals surface area contributed by atoms with Crippen molar-refractivity contribution in [2.75, 3.05) is 13.1 Å². The van der Waals surface area contributed by atoms with Gasteiger partial charge < -0.3 is 9.80 Å². The average Bonchev–Trinajstić information content (AvgIpc) is 3.23. The van der Waals surface area contributed by atoms with Crippen molar-refractivity contribution in [2.24, 2.45) is 0 Å². The van der Waals surface area contributed by atoms with Crippen molar-refractivity contribution < 1.29 is 18.4 Å². The number of unbranched alkanes of at least 4 members (excludes halogenated alkanes) is 2. The Kier molecular flexibility index (Phi) is 6.21. The number of hydrogen-bond acceptors (Lipinski definition) is 2. The van der Waals surface area contributed by atoms with E-state index in [1.54, 1.807) is 34.1 Å². The van der Waals surface area contributed by atoms with Gasteiger partial charge in [-0.15, -0.1) is 0 Å². The Bertz CT molecular complexity index is 1010. The molecule has 2 aromatic rings. The topological polar surface area (TPSA) is 40.6 Å². The molecule has 0 aliphatic carbocycles. The molecule has 2 aliphatic rings. The van der Waals surface area contributed by atoms with Crippen molar-refractivity contribution in [1.29, 1.82) is 0 Å². The first-order valence-electron chi connectivity index (χ1n) is 11.1. The third-order valence-corrected chi connectivity index (χ3v) is 5.89. The van der Waals surface area contributed by atoms with Gasteiger partial charge in [-0.25, -0.2) is 8.78 Å². The van der Waals surface area contributed by atoms with E-state index in [1.807, 2.05) is 13.8 Å². The van der Waals surface area contributed by atoms with Crippen molar-refractivity contribution >= 4 is 23.2 Å². The van der Waals surface area contributed by atoms with E-state index < -0.39 is 0 Å². The van der Waals surface area contributed by atoms with Crippen LogP contribution in [0.15, 0.2) is 59.7 Å². The second-order valence-corrected chi connectivity index (χ2v) is 8.08. The van der Waals surface area contributed by atoms with Gasteiger partial charge in [-0.3, -0.25) is 9.59 Å². The Morgan fingerprint density at radius 2 is 0.969 bits per heavy atom. The quantitative estimate of drug-likeness (QED) is 0.558. The monoisotopic (exact) mass is 436 g/mol. The maximum atomic E-state index is 13.7. The first-order valence-corrected chi connectivity index (χ1v) is 11.1. The highest BCUT2D eigenvalue weighted by molar-refractivity contribution is 6.30. The number of fused-ring (bicyclic) bond motifs is 1. The Labute approximate surface area is 186 Å². The van der Waals surface area contributed by atoms with Crippen LogP contribution in [-0.2, 0) is 9.59 Å². The zero-order valence-corrected chi connectivity index (χ0v) is 18.3. The average molecular weight is 437 g/mol. The summed E-state index contributed by atoms with van der Waals surface area (Å²) in [7, 11) is 0. The van der Waals surface area contributed by atoms with Crippen LogP contribution in [0.1, 0.15) is 50.7 Å². The van der Waals surface area contributed by atoms with E-state index >= 15 is 0 Å². The van der Waals surface area contributed by atoms with Crippen LogP contribution in [-0.4, -0.2) is 34.7 Å². The molecule has 0 unspecified atom stereocenters. The van der Waals surface area contributed by atoms with E-state index in [1.165, 1.54) is 24.3 Å². The minimum Gasteiger partial charge on any atom is -0.307 e. The summed E-state index contributed by atoms with van der Waals surface area (Å²) in [6.07, 6.45) is 3.32. The lowest BCUT2D eigenvalue weighted by molar-refractivity contribution is -0.124. The summed E-state index contributed by atoms with van der Waals surface area (Å²) in [5.74, 6) is -1.23. The fourth-order valence-corrected chi connectivity index (χ4v) is 4.27. The van der Waals surface area contributed by atoms with Gasteiger partial charge in [-0.2, -0.15) is 0 Å². The van der Waals surface area contributed by atoms with E-state index in [0.29, 0.717) is 46.8 Å². The smallest absolute Gasteiger partial charge is 0.261 e. The lowest BCUT2D eigenvalue weighted by Crippen LogP contribution is -2.31. The Balaban J connectivity index is 1.95. The third kappa shape index (κ3) is 3.74. The van der Waals surface area contributed by atoms with E-state index in [2.05, 4.69) is 0 Å². The molecular formula is C26H26F2N2O2. The molecule has 2 aliphatic heterocycles. The molecule has 32 heavy (non-hydrogen) atoms. The van der Waals surface area contributed by atoms with Crippen molar-refractivity contribution in [2.45, 2.75) is 39.5 Å². The SMILES string of the molecule is CCCCN1C(=O)C2=C(c3ccc(F)cc3)N(CCCC)C(=O)C2=C1c1ccc(F)cc1. The molecule has 6 heteroatoms. The minimum atomic E-state index is -0.381. The summed E-state index contributed by atoms with van der Waals surface area (Å²) in [5, 5.41) is 0. The predicted octanol–water partition coefficient (Wildman–Crippen LogP) is 5.37. The molecule has 0 saturated heterocycles. The van der Waals surface area contributed by atoms with Crippen LogP contribution in [0.25, 0.3) is 11.4 Å². The number of carbonyl (C=O) groups excluding carboxylic acids is 2. The van der Waals surface area contributed by atoms with Crippen LogP contribution in [0.2, 0.25) is 0 Å². The molecule has 166 valence electrons. The highest BCUT2D eigenvalue weighted by Crippen LogP contribution is 2.46. The molecule has 0 aromatic heterocycles. The van der Waals surface area contributed by atoms with Gasteiger partial charge in [0.25, 0.3) is 11.8 Å². The first kappa shape index (κ1) is 21.9. The van der Waals surface area contributed by atoms with Crippen LogP contribution in [0.4, 0.5) is 8.78 Å². The summed E-state index contributed by atoms with van der Waals surface area (Å²) in [4.78, 5) is 30.6. The van der Waals surface area contributed by atoms with Crippen molar-refractivity contribution in [3.05, 3.63) is 82.4 Å². The summed E-state index contributed by atoms with van der Waals surface area (Å²) in [6, 6.07) is 11.8. The molecule has 0 spiro atoms. The number of hydrogen-bond donors (Lipinski definition) is 0.